The lowest BCUT2D eigenvalue weighted by molar-refractivity contribution is -0.0457. The van der Waals surface area contributed by atoms with Crippen LogP contribution in [0.25, 0.3) is 0 Å². The first kappa shape index (κ1) is 14.3. The lowest BCUT2D eigenvalue weighted by Gasteiger charge is -2.19. The Morgan fingerprint density at radius 3 is 2.89 bits per heavy atom. The van der Waals surface area contributed by atoms with Gasteiger partial charge in [0.05, 0.1) is 25.1 Å². The van der Waals surface area contributed by atoms with E-state index in [4.69, 9.17) is 14.6 Å². The van der Waals surface area contributed by atoms with E-state index < -0.39 is 24.1 Å². The number of rotatable bonds is 4. The number of aromatic nitrogens is 2. The minimum absolute atomic E-state index is 0.221. The second-order valence-electron chi connectivity index (χ2n) is 4.10. The molecule has 0 aromatic carbocycles. The van der Waals surface area contributed by atoms with Gasteiger partial charge in [-0.05, 0) is 6.26 Å². The third-order valence-electron chi connectivity index (χ3n) is 3.05. The molecule has 106 valence electrons. The fourth-order valence-electron chi connectivity index (χ4n) is 2.05. The van der Waals surface area contributed by atoms with Crippen LogP contribution in [0.1, 0.15) is 6.23 Å². The topological polar surface area (TPSA) is 93.8 Å². The highest BCUT2D eigenvalue weighted by Gasteiger charge is 2.44. The van der Waals surface area contributed by atoms with Gasteiger partial charge < -0.3 is 19.7 Å². The van der Waals surface area contributed by atoms with E-state index in [1.54, 1.807) is 6.07 Å². The highest BCUT2D eigenvalue weighted by Crippen LogP contribution is 2.35. The summed E-state index contributed by atoms with van der Waals surface area (Å²) in [4.78, 5) is 15.6. The van der Waals surface area contributed by atoms with Gasteiger partial charge in [0.2, 0.25) is 5.88 Å². The molecule has 0 spiro atoms. The Bertz CT molecular complexity index is 494. The van der Waals surface area contributed by atoms with Crippen LogP contribution in [-0.4, -0.2) is 57.2 Å². The molecule has 4 atom stereocenters. The Labute approximate surface area is 114 Å². The van der Waals surface area contributed by atoms with E-state index in [-0.39, 0.29) is 17.7 Å². The summed E-state index contributed by atoms with van der Waals surface area (Å²) in [5.41, 5.74) is -0.519. The fraction of sp³-hybridized carbons (Fsp3) is 0.636. The van der Waals surface area contributed by atoms with Crippen molar-refractivity contribution in [2.45, 2.75) is 23.7 Å². The average Bonchev–Trinajstić information content (AvgIpc) is 2.74. The van der Waals surface area contributed by atoms with Crippen LogP contribution in [0.4, 0.5) is 0 Å². The number of nitrogens with zero attached hydrogens (tertiary/aromatic N) is 2. The van der Waals surface area contributed by atoms with Crippen LogP contribution in [0.2, 0.25) is 0 Å². The molecule has 1 fully saturated rings. The number of hydrogen-bond donors (Lipinski definition) is 2. The largest absolute Gasteiger partial charge is 0.481 e. The van der Waals surface area contributed by atoms with Crippen molar-refractivity contribution < 1.29 is 19.7 Å². The van der Waals surface area contributed by atoms with Crippen molar-refractivity contribution in [3.8, 4) is 5.88 Å². The zero-order valence-corrected chi connectivity index (χ0v) is 11.4. The summed E-state index contributed by atoms with van der Waals surface area (Å²) < 4.78 is 11.7. The minimum atomic E-state index is -0.834. The summed E-state index contributed by atoms with van der Waals surface area (Å²) in [5, 5.41) is 18.8. The smallest absolute Gasteiger partial charge is 0.353 e. The summed E-state index contributed by atoms with van der Waals surface area (Å²) in [7, 11) is 1.43. The van der Waals surface area contributed by atoms with Crippen molar-refractivity contribution >= 4 is 11.8 Å². The molecule has 0 unspecified atom stereocenters. The molecule has 1 aliphatic rings. The first-order valence-electron chi connectivity index (χ1n) is 5.72. The van der Waals surface area contributed by atoms with Gasteiger partial charge in [0.15, 0.2) is 6.23 Å². The molecule has 0 amide bonds. The van der Waals surface area contributed by atoms with E-state index >= 15 is 0 Å². The molecule has 8 heteroatoms. The second-order valence-corrected chi connectivity index (χ2v) is 5.11. The van der Waals surface area contributed by atoms with Gasteiger partial charge in [-0.1, -0.05) is 0 Å². The van der Waals surface area contributed by atoms with Gasteiger partial charge >= 0.3 is 5.69 Å². The molecule has 19 heavy (non-hydrogen) atoms. The van der Waals surface area contributed by atoms with Gasteiger partial charge in [-0.15, -0.1) is 0 Å². The summed E-state index contributed by atoms with van der Waals surface area (Å²) in [5.74, 6) is 0.221. The Hall–Kier alpha value is -1.09. The van der Waals surface area contributed by atoms with Gasteiger partial charge in [0, 0.05) is 12.3 Å². The number of aliphatic hydroxyl groups excluding tert-OH is 2. The molecule has 1 aromatic heterocycles. The van der Waals surface area contributed by atoms with Crippen LogP contribution in [0, 0.1) is 0 Å². The molecule has 2 N–H and O–H groups in total. The molecular formula is C11H16N2O5S. The summed E-state index contributed by atoms with van der Waals surface area (Å²) >= 11 is 1.38. The molecule has 2 rings (SSSR count). The van der Waals surface area contributed by atoms with Gasteiger partial charge in [-0.2, -0.15) is 16.7 Å². The van der Waals surface area contributed by atoms with Crippen molar-refractivity contribution in [1.29, 1.82) is 0 Å². The monoisotopic (exact) mass is 288 g/mol. The Morgan fingerprint density at radius 2 is 2.37 bits per heavy atom. The predicted octanol–water partition coefficient (Wildman–Crippen LogP) is -0.766. The molecule has 0 radical (unpaired) electrons. The molecule has 2 heterocycles. The molecule has 0 saturated carbocycles. The first-order valence-corrected chi connectivity index (χ1v) is 7.01. The zero-order chi connectivity index (χ0) is 14.0. The average molecular weight is 288 g/mol. The Morgan fingerprint density at radius 1 is 1.63 bits per heavy atom. The summed E-state index contributed by atoms with van der Waals surface area (Å²) in [6.07, 6.45) is 1.13. The maximum absolute atomic E-state index is 11.9. The maximum atomic E-state index is 11.9. The van der Waals surface area contributed by atoms with Crippen LogP contribution in [0.3, 0.4) is 0 Å². The van der Waals surface area contributed by atoms with Crippen molar-refractivity contribution in [2.75, 3.05) is 20.0 Å². The number of aliphatic hydroxyl groups is 2. The maximum Gasteiger partial charge on any atom is 0.353 e. The normalized spacial score (nSPS) is 30.5. The number of thioether (sulfide) groups is 1. The van der Waals surface area contributed by atoms with Gasteiger partial charge in [-0.3, -0.25) is 4.57 Å². The lowest BCUT2D eigenvalue weighted by Crippen LogP contribution is -2.34. The summed E-state index contributed by atoms with van der Waals surface area (Å²) in [6.45, 7) is -0.299. The standard InChI is InChI=1S/C11H16N2O5S/c1-17-7-3-4-13(11(16)12-7)10-9(19-2)8(15)6(5-14)18-10/h3-4,6,8-10,14-15H,5H2,1-2H3/t6-,8-,9-,10+/m1/s1. The lowest BCUT2D eigenvalue weighted by atomic mass is 10.2. The van der Waals surface area contributed by atoms with E-state index in [0.29, 0.717) is 0 Å². The van der Waals surface area contributed by atoms with Crippen LogP contribution >= 0.6 is 11.8 Å². The minimum Gasteiger partial charge on any atom is -0.481 e. The Kier molecular flexibility index (Phi) is 4.46. The van der Waals surface area contributed by atoms with Crippen molar-refractivity contribution in [2.24, 2.45) is 0 Å². The highest BCUT2D eigenvalue weighted by molar-refractivity contribution is 7.99. The first-order chi connectivity index (χ1) is 9.12. The molecule has 1 saturated heterocycles. The van der Waals surface area contributed by atoms with Gasteiger partial charge in [-0.25, -0.2) is 4.79 Å². The zero-order valence-electron chi connectivity index (χ0n) is 10.6. The van der Waals surface area contributed by atoms with Crippen molar-refractivity contribution in [1.82, 2.24) is 9.55 Å². The van der Waals surface area contributed by atoms with Crippen LogP contribution in [-0.2, 0) is 4.74 Å². The van der Waals surface area contributed by atoms with Crippen molar-refractivity contribution in [3.05, 3.63) is 22.7 Å². The number of ether oxygens (including phenoxy) is 2. The predicted molar refractivity (Wildman–Crippen MR) is 69.4 cm³/mol. The number of hydrogen-bond acceptors (Lipinski definition) is 7. The molecule has 0 bridgehead atoms. The van der Waals surface area contributed by atoms with Crippen LogP contribution in [0.15, 0.2) is 17.1 Å². The number of methoxy groups -OCH3 is 1. The van der Waals surface area contributed by atoms with E-state index in [1.165, 1.54) is 29.6 Å². The SMILES string of the molecule is COc1ccn([C@H]2O[C@H](CO)[C@@H](O)[C@H]2SC)c(=O)n1. The van der Waals surface area contributed by atoms with Crippen LogP contribution in [0.5, 0.6) is 5.88 Å². The molecule has 1 aromatic rings. The van der Waals surface area contributed by atoms with E-state index in [9.17, 15) is 9.90 Å². The molecule has 1 aliphatic heterocycles. The highest BCUT2D eigenvalue weighted by atomic mass is 32.2. The van der Waals surface area contributed by atoms with Crippen molar-refractivity contribution in [3.63, 3.8) is 0 Å². The molecule has 7 nitrogen and oxygen atoms in total. The fourth-order valence-corrected chi connectivity index (χ4v) is 2.93. The van der Waals surface area contributed by atoms with Crippen LogP contribution < -0.4 is 10.4 Å². The van der Waals surface area contributed by atoms with E-state index in [1.807, 2.05) is 6.26 Å². The molecule has 0 aliphatic carbocycles. The molecular weight excluding hydrogens is 272 g/mol. The second kappa shape index (κ2) is 5.91. The van der Waals surface area contributed by atoms with E-state index in [2.05, 4.69) is 4.98 Å². The Balaban J connectivity index is 2.33. The summed E-state index contributed by atoms with van der Waals surface area (Å²) in [6, 6.07) is 1.54. The van der Waals surface area contributed by atoms with Gasteiger partial charge in [0.25, 0.3) is 0 Å². The van der Waals surface area contributed by atoms with E-state index in [0.717, 1.165) is 0 Å². The quantitative estimate of drug-likeness (QED) is 0.751. The van der Waals surface area contributed by atoms with Gasteiger partial charge in [0.1, 0.15) is 6.10 Å². The third-order valence-corrected chi connectivity index (χ3v) is 4.11. The third kappa shape index (κ3) is 2.62.